The number of benzene rings is 2. The number of hydrogen-bond acceptors (Lipinski definition) is 2. The van der Waals surface area contributed by atoms with Crippen LogP contribution in [0, 0.1) is 6.92 Å². The fraction of sp³-hybridized carbons (Fsp3) is 0.278. The standard InChI is InChI=1S/C18H22N2O/c1-3-4-5-14-7-9-15(10-8-14)20-18(21)16-11-6-13(2)12-17(16)19/h6-12H,3-5,19H2,1-2H3,(H,20,21). The monoisotopic (exact) mass is 282 g/mol. The van der Waals surface area contributed by atoms with Gasteiger partial charge in [0.2, 0.25) is 0 Å². The summed E-state index contributed by atoms with van der Waals surface area (Å²) < 4.78 is 0. The molecule has 0 fully saturated rings. The van der Waals surface area contributed by atoms with E-state index in [2.05, 4.69) is 24.4 Å². The largest absolute Gasteiger partial charge is 0.398 e. The van der Waals surface area contributed by atoms with E-state index in [9.17, 15) is 4.79 Å². The number of nitrogens with two attached hydrogens (primary N) is 1. The van der Waals surface area contributed by atoms with Crippen molar-refractivity contribution in [2.45, 2.75) is 33.1 Å². The van der Waals surface area contributed by atoms with Gasteiger partial charge in [0.1, 0.15) is 0 Å². The van der Waals surface area contributed by atoms with Gasteiger partial charge in [-0.3, -0.25) is 4.79 Å². The Balaban J connectivity index is 2.05. The van der Waals surface area contributed by atoms with Crippen LogP contribution in [0.3, 0.4) is 0 Å². The number of rotatable bonds is 5. The molecule has 0 aromatic heterocycles. The average Bonchev–Trinajstić information content (AvgIpc) is 2.46. The lowest BCUT2D eigenvalue weighted by Crippen LogP contribution is -2.14. The van der Waals surface area contributed by atoms with Crippen LogP contribution in [0.4, 0.5) is 11.4 Å². The quantitative estimate of drug-likeness (QED) is 0.809. The molecule has 1 amide bonds. The minimum absolute atomic E-state index is 0.172. The van der Waals surface area contributed by atoms with Crippen LogP contribution >= 0.6 is 0 Å². The van der Waals surface area contributed by atoms with Gasteiger partial charge in [0, 0.05) is 11.4 Å². The molecule has 3 nitrogen and oxygen atoms in total. The molecule has 0 atom stereocenters. The molecule has 0 radical (unpaired) electrons. The van der Waals surface area contributed by atoms with Crippen molar-refractivity contribution in [1.82, 2.24) is 0 Å². The number of amides is 1. The third kappa shape index (κ3) is 4.09. The number of hydrogen-bond donors (Lipinski definition) is 2. The Morgan fingerprint density at radius 2 is 1.86 bits per heavy atom. The molecule has 0 saturated heterocycles. The summed E-state index contributed by atoms with van der Waals surface area (Å²) in [5, 5.41) is 2.88. The first-order valence-corrected chi connectivity index (χ1v) is 7.36. The van der Waals surface area contributed by atoms with Crippen LogP contribution in [0.2, 0.25) is 0 Å². The third-order valence-corrected chi connectivity index (χ3v) is 3.48. The average molecular weight is 282 g/mol. The zero-order chi connectivity index (χ0) is 15.2. The summed E-state index contributed by atoms with van der Waals surface area (Å²) >= 11 is 0. The molecule has 2 aromatic rings. The van der Waals surface area contributed by atoms with Gasteiger partial charge in [-0.15, -0.1) is 0 Å². The van der Waals surface area contributed by atoms with Crippen LogP contribution in [0.5, 0.6) is 0 Å². The second kappa shape index (κ2) is 6.93. The molecule has 21 heavy (non-hydrogen) atoms. The van der Waals surface area contributed by atoms with Gasteiger partial charge in [0.25, 0.3) is 5.91 Å². The molecule has 110 valence electrons. The van der Waals surface area contributed by atoms with Crippen molar-refractivity contribution in [1.29, 1.82) is 0 Å². The second-order valence-corrected chi connectivity index (χ2v) is 5.35. The lowest BCUT2D eigenvalue weighted by Gasteiger charge is -2.09. The van der Waals surface area contributed by atoms with E-state index >= 15 is 0 Å². The summed E-state index contributed by atoms with van der Waals surface area (Å²) in [6, 6.07) is 13.4. The second-order valence-electron chi connectivity index (χ2n) is 5.35. The lowest BCUT2D eigenvalue weighted by atomic mass is 10.1. The summed E-state index contributed by atoms with van der Waals surface area (Å²) in [6.45, 7) is 4.13. The van der Waals surface area contributed by atoms with Crippen molar-refractivity contribution in [3.8, 4) is 0 Å². The van der Waals surface area contributed by atoms with Crippen molar-refractivity contribution in [2.24, 2.45) is 0 Å². The number of carbonyl (C=O) groups excluding carboxylic acids is 1. The maximum Gasteiger partial charge on any atom is 0.257 e. The molecule has 0 saturated carbocycles. The van der Waals surface area contributed by atoms with Crippen LogP contribution in [0.15, 0.2) is 42.5 Å². The molecule has 3 heteroatoms. The number of anilines is 2. The van der Waals surface area contributed by atoms with Crippen LogP contribution in [-0.2, 0) is 6.42 Å². The number of aryl methyl sites for hydroxylation is 2. The van der Waals surface area contributed by atoms with Gasteiger partial charge in [-0.1, -0.05) is 31.5 Å². The third-order valence-electron chi connectivity index (χ3n) is 3.48. The van der Waals surface area contributed by atoms with Crippen molar-refractivity contribution < 1.29 is 4.79 Å². The fourth-order valence-electron chi connectivity index (χ4n) is 2.22. The molecular weight excluding hydrogens is 260 g/mol. The maximum atomic E-state index is 12.2. The highest BCUT2D eigenvalue weighted by molar-refractivity contribution is 6.07. The van der Waals surface area contributed by atoms with Gasteiger partial charge in [0.05, 0.1) is 5.56 Å². The Kier molecular flexibility index (Phi) is 4.99. The van der Waals surface area contributed by atoms with Crippen LogP contribution < -0.4 is 11.1 Å². The number of nitrogens with one attached hydrogen (secondary N) is 1. The molecule has 0 heterocycles. The Bertz CT molecular complexity index is 618. The lowest BCUT2D eigenvalue weighted by molar-refractivity contribution is 0.102. The van der Waals surface area contributed by atoms with Gasteiger partial charge in [-0.2, -0.15) is 0 Å². The van der Waals surface area contributed by atoms with Crippen molar-refractivity contribution >= 4 is 17.3 Å². The minimum Gasteiger partial charge on any atom is -0.398 e. The molecule has 0 aliphatic carbocycles. The smallest absolute Gasteiger partial charge is 0.257 e. The van der Waals surface area contributed by atoms with Gasteiger partial charge in [-0.25, -0.2) is 0 Å². The molecule has 0 unspecified atom stereocenters. The van der Waals surface area contributed by atoms with Crippen molar-refractivity contribution in [3.05, 3.63) is 59.2 Å². The Hall–Kier alpha value is -2.29. The fourth-order valence-corrected chi connectivity index (χ4v) is 2.22. The molecule has 3 N–H and O–H groups in total. The molecule has 0 bridgehead atoms. The van der Waals surface area contributed by atoms with Gasteiger partial charge < -0.3 is 11.1 Å². The Morgan fingerprint density at radius 1 is 1.14 bits per heavy atom. The van der Waals surface area contributed by atoms with E-state index in [4.69, 9.17) is 5.73 Å². The Morgan fingerprint density at radius 3 is 2.48 bits per heavy atom. The first kappa shape index (κ1) is 15.1. The van der Waals surface area contributed by atoms with Crippen LogP contribution in [0.25, 0.3) is 0 Å². The Labute approximate surface area is 126 Å². The highest BCUT2D eigenvalue weighted by Gasteiger charge is 2.09. The predicted molar refractivity (Wildman–Crippen MR) is 88.6 cm³/mol. The molecule has 0 aliphatic heterocycles. The molecule has 2 rings (SSSR count). The highest BCUT2D eigenvalue weighted by atomic mass is 16.1. The summed E-state index contributed by atoms with van der Waals surface area (Å²) in [4.78, 5) is 12.2. The van der Waals surface area contributed by atoms with E-state index in [1.807, 2.05) is 31.2 Å². The summed E-state index contributed by atoms with van der Waals surface area (Å²) in [6.07, 6.45) is 3.45. The van der Waals surface area contributed by atoms with Crippen LogP contribution in [0.1, 0.15) is 41.3 Å². The predicted octanol–water partition coefficient (Wildman–Crippen LogP) is 4.17. The summed E-state index contributed by atoms with van der Waals surface area (Å²) in [5.74, 6) is -0.172. The van der Waals surface area contributed by atoms with Gasteiger partial charge in [0.15, 0.2) is 0 Å². The highest BCUT2D eigenvalue weighted by Crippen LogP contribution is 2.17. The minimum atomic E-state index is -0.172. The van der Waals surface area contributed by atoms with Crippen molar-refractivity contribution in [2.75, 3.05) is 11.1 Å². The van der Waals surface area contributed by atoms with Gasteiger partial charge >= 0.3 is 0 Å². The molecule has 0 aliphatic rings. The maximum absolute atomic E-state index is 12.2. The SMILES string of the molecule is CCCCc1ccc(NC(=O)c2ccc(C)cc2N)cc1. The topological polar surface area (TPSA) is 55.1 Å². The van der Waals surface area contributed by atoms with E-state index in [0.717, 1.165) is 17.7 Å². The number of unbranched alkanes of at least 4 members (excludes halogenated alkanes) is 1. The van der Waals surface area contributed by atoms with E-state index in [-0.39, 0.29) is 5.91 Å². The van der Waals surface area contributed by atoms with Crippen LogP contribution in [-0.4, -0.2) is 5.91 Å². The first-order valence-electron chi connectivity index (χ1n) is 7.36. The first-order chi connectivity index (χ1) is 10.1. The summed E-state index contributed by atoms with van der Waals surface area (Å²) in [5.41, 5.74) is 10.0. The van der Waals surface area contributed by atoms with Crippen molar-refractivity contribution in [3.63, 3.8) is 0 Å². The normalized spacial score (nSPS) is 10.4. The van der Waals surface area contributed by atoms with E-state index in [1.54, 1.807) is 6.07 Å². The zero-order valence-corrected chi connectivity index (χ0v) is 12.6. The number of carbonyl (C=O) groups is 1. The summed E-state index contributed by atoms with van der Waals surface area (Å²) in [7, 11) is 0. The van der Waals surface area contributed by atoms with E-state index in [1.165, 1.54) is 18.4 Å². The molecule has 0 spiro atoms. The number of nitrogen functional groups attached to an aromatic ring is 1. The van der Waals surface area contributed by atoms with E-state index in [0.29, 0.717) is 11.3 Å². The molecule has 2 aromatic carbocycles. The van der Waals surface area contributed by atoms with Gasteiger partial charge in [-0.05, 0) is 55.2 Å². The van der Waals surface area contributed by atoms with E-state index < -0.39 is 0 Å². The zero-order valence-electron chi connectivity index (χ0n) is 12.6. The molecular formula is C18H22N2O.